The SMILES string of the molecule is CCCCCC(=O)Nc1ccc(Cl)c(CS(C)=O)c1. The monoisotopic (exact) mass is 301 g/mol. The molecule has 0 spiro atoms. The summed E-state index contributed by atoms with van der Waals surface area (Å²) in [6.45, 7) is 2.11. The van der Waals surface area contributed by atoms with Crippen molar-refractivity contribution in [2.45, 2.75) is 38.4 Å². The first-order valence-electron chi connectivity index (χ1n) is 6.41. The van der Waals surface area contributed by atoms with E-state index in [1.807, 2.05) is 0 Å². The first-order chi connectivity index (χ1) is 9.02. The van der Waals surface area contributed by atoms with Crippen molar-refractivity contribution in [1.82, 2.24) is 0 Å². The quantitative estimate of drug-likeness (QED) is 0.780. The predicted octanol–water partition coefficient (Wildman–Crippen LogP) is 3.74. The average Bonchev–Trinajstić information content (AvgIpc) is 2.33. The Morgan fingerprint density at radius 3 is 2.74 bits per heavy atom. The topological polar surface area (TPSA) is 46.2 Å². The van der Waals surface area contributed by atoms with Crippen LogP contribution in [0.4, 0.5) is 5.69 Å². The number of carbonyl (C=O) groups is 1. The van der Waals surface area contributed by atoms with Gasteiger partial charge in [0.1, 0.15) is 0 Å². The molecule has 3 nitrogen and oxygen atoms in total. The van der Waals surface area contributed by atoms with Crippen molar-refractivity contribution in [2.24, 2.45) is 0 Å². The van der Waals surface area contributed by atoms with Crippen molar-refractivity contribution in [3.8, 4) is 0 Å². The van der Waals surface area contributed by atoms with Gasteiger partial charge in [-0.05, 0) is 30.2 Å². The second kappa shape index (κ2) is 8.33. The molecule has 0 aromatic heterocycles. The fourth-order valence-electron chi connectivity index (χ4n) is 1.74. The first-order valence-corrected chi connectivity index (χ1v) is 8.51. The zero-order valence-corrected chi connectivity index (χ0v) is 12.9. The van der Waals surface area contributed by atoms with Crippen LogP contribution in [0.3, 0.4) is 0 Å². The van der Waals surface area contributed by atoms with Gasteiger partial charge >= 0.3 is 0 Å². The third-order valence-electron chi connectivity index (χ3n) is 2.70. The summed E-state index contributed by atoms with van der Waals surface area (Å²) in [5.74, 6) is 0.414. The van der Waals surface area contributed by atoms with Crippen LogP contribution >= 0.6 is 11.6 Å². The van der Waals surface area contributed by atoms with Crippen molar-refractivity contribution in [3.63, 3.8) is 0 Å². The molecule has 1 aromatic rings. The Morgan fingerprint density at radius 1 is 1.37 bits per heavy atom. The molecule has 19 heavy (non-hydrogen) atoms. The summed E-state index contributed by atoms with van der Waals surface area (Å²) in [5, 5.41) is 3.43. The Morgan fingerprint density at radius 2 is 2.11 bits per heavy atom. The summed E-state index contributed by atoms with van der Waals surface area (Å²) in [4.78, 5) is 11.7. The molecule has 0 fully saturated rings. The predicted molar refractivity (Wildman–Crippen MR) is 82.0 cm³/mol. The normalized spacial score (nSPS) is 12.2. The Kier molecular flexibility index (Phi) is 7.10. The number of unbranched alkanes of at least 4 members (excludes halogenated alkanes) is 2. The summed E-state index contributed by atoms with van der Waals surface area (Å²) in [7, 11) is -0.951. The molecule has 0 radical (unpaired) electrons. The van der Waals surface area contributed by atoms with Crippen molar-refractivity contribution in [3.05, 3.63) is 28.8 Å². The van der Waals surface area contributed by atoms with Gasteiger partial charge in [0.2, 0.25) is 5.91 Å². The van der Waals surface area contributed by atoms with Crippen LogP contribution in [0.5, 0.6) is 0 Å². The van der Waals surface area contributed by atoms with E-state index >= 15 is 0 Å². The molecule has 0 aliphatic heterocycles. The Hall–Kier alpha value is -0.870. The van der Waals surface area contributed by atoms with Crippen LogP contribution in [0.25, 0.3) is 0 Å². The zero-order valence-electron chi connectivity index (χ0n) is 11.4. The van der Waals surface area contributed by atoms with E-state index in [9.17, 15) is 9.00 Å². The molecule has 0 heterocycles. The van der Waals surface area contributed by atoms with Crippen molar-refractivity contribution in [1.29, 1.82) is 0 Å². The molecular weight excluding hydrogens is 282 g/mol. The maximum atomic E-state index is 11.7. The number of anilines is 1. The number of nitrogens with one attached hydrogen (secondary N) is 1. The van der Waals surface area contributed by atoms with Gasteiger partial charge in [-0.3, -0.25) is 9.00 Å². The van der Waals surface area contributed by atoms with E-state index in [2.05, 4.69) is 12.2 Å². The number of benzene rings is 1. The highest BCUT2D eigenvalue weighted by Crippen LogP contribution is 2.22. The summed E-state index contributed by atoms with van der Waals surface area (Å²) in [5.41, 5.74) is 1.51. The van der Waals surface area contributed by atoms with Crippen LogP contribution in [-0.4, -0.2) is 16.4 Å². The molecule has 1 atom stereocenters. The molecule has 0 aliphatic carbocycles. The fourth-order valence-corrected chi connectivity index (χ4v) is 2.68. The molecule has 1 aromatic carbocycles. The molecule has 5 heteroatoms. The van der Waals surface area contributed by atoms with Gasteiger partial charge in [-0.25, -0.2) is 0 Å². The maximum absolute atomic E-state index is 11.7. The summed E-state index contributed by atoms with van der Waals surface area (Å²) in [6, 6.07) is 5.29. The van der Waals surface area contributed by atoms with Gasteiger partial charge in [-0.1, -0.05) is 31.4 Å². The minimum Gasteiger partial charge on any atom is -0.326 e. The number of hydrogen-bond donors (Lipinski definition) is 1. The van der Waals surface area contributed by atoms with Crippen molar-refractivity contribution in [2.75, 3.05) is 11.6 Å². The largest absolute Gasteiger partial charge is 0.326 e. The lowest BCUT2D eigenvalue weighted by Gasteiger charge is -2.08. The third kappa shape index (κ3) is 6.21. The second-order valence-corrected chi connectivity index (χ2v) is 6.37. The van der Waals surface area contributed by atoms with E-state index in [4.69, 9.17) is 11.6 Å². The molecule has 1 rings (SSSR count). The smallest absolute Gasteiger partial charge is 0.224 e. The average molecular weight is 302 g/mol. The Balaban J connectivity index is 2.63. The van der Waals surface area contributed by atoms with Gasteiger partial charge in [-0.2, -0.15) is 0 Å². The lowest BCUT2D eigenvalue weighted by Crippen LogP contribution is -2.11. The van der Waals surface area contributed by atoms with Crippen molar-refractivity contribution >= 4 is 34.0 Å². The van der Waals surface area contributed by atoms with Crippen LogP contribution in [0.2, 0.25) is 5.02 Å². The molecule has 1 unspecified atom stereocenters. The van der Waals surface area contributed by atoms with Gasteiger partial charge in [-0.15, -0.1) is 0 Å². The minimum atomic E-state index is -0.951. The van der Waals surface area contributed by atoms with Gasteiger partial charge < -0.3 is 5.32 Å². The fraction of sp³-hybridized carbons (Fsp3) is 0.500. The highest BCUT2D eigenvalue weighted by molar-refractivity contribution is 7.83. The number of rotatable bonds is 7. The van der Waals surface area contributed by atoms with Crippen LogP contribution < -0.4 is 5.32 Å². The number of amides is 1. The van der Waals surface area contributed by atoms with Crippen molar-refractivity contribution < 1.29 is 9.00 Å². The zero-order chi connectivity index (χ0) is 14.3. The van der Waals surface area contributed by atoms with E-state index in [0.29, 0.717) is 22.9 Å². The molecule has 106 valence electrons. The highest BCUT2D eigenvalue weighted by atomic mass is 35.5. The summed E-state index contributed by atoms with van der Waals surface area (Å²) in [6.07, 6.45) is 5.23. The molecular formula is C14H20ClNO2S. The second-order valence-electron chi connectivity index (χ2n) is 4.53. The standard InChI is InChI=1S/C14H20ClNO2S/c1-3-4-5-6-14(17)16-12-7-8-13(15)11(9-12)10-19(2)18/h7-9H,3-6,10H2,1-2H3,(H,16,17). The first kappa shape index (κ1) is 16.2. The van der Waals surface area contributed by atoms with Gasteiger partial charge in [0.05, 0.1) is 0 Å². The van der Waals surface area contributed by atoms with Crippen LogP contribution in [0, 0.1) is 0 Å². The molecule has 0 saturated carbocycles. The van der Waals surface area contributed by atoms with Crippen LogP contribution in [-0.2, 0) is 21.3 Å². The van der Waals surface area contributed by atoms with E-state index < -0.39 is 10.8 Å². The van der Waals surface area contributed by atoms with Gasteiger partial charge in [0.15, 0.2) is 0 Å². The molecule has 0 aliphatic rings. The lowest BCUT2D eigenvalue weighted by atomic mass is 10.2. The Labute approximate surface area is 122 Å². The van der Waals surface area contributed by atoms with Crippen LogP contribution in [0.1, 0.15) is 38.2 Å². The van der Waals surface area contributed by atoms with Crippen LogP contribution in [0.15, 0.2) is 18.2 Å². The number of carbonyl (C=O) groups excluding carboxylic acids is 1. The molecule has 0 bridgehead atoms. The third-order valence-corrected chi connectivity index (χ3v) is 3.78. The maximum Gasteiger partial charge on any atom is 0.224 e. The number of halogens is 1. The highest BCUT2D eigenvalue weighted by Gasteiger charge is 2.07. The van der Waals surface area contributed by atoms with E-state index in [0.717, 1.165) is 24.8 Å². The minimum absolute atomic E-state index is 0.0133. The van der Waals surface area contributed by atoms with E-state index in [1.54, 1.807) is 24.5 Å². The molecule has 1 amide bonds. The summed E-state index contributed by atoms with van der Waals surface area (Å²) >= 11 is 6.03. The summed E-state index contributed by atoms with van der Waals surface area (Å²) < 4.78 is 11.2. The van der Waals surface area contributed by atoms with Gasteiger partial charge in [0, 0.05) is 39.9 Å². The van der Waals surface area contributed by atoms with E-state index in [-0.39, 0.29) is 5.91 Å². The van der Waals surface area contributed by atoms with Gasteiger partial charge in [0.25, 0.3) is 0 Å². The lowest BCUT2D eigenvalue weighted by molar-refractivity contribution is -0.116. The van der Waals surface area contributed by atoms with E-state index in [1.165, 1.54) is 0 Å². The number of hydrogen-bond acceptors (Lipinski definition) is 2. The Bertz CT molecular complexity index is 463. The molecule has 0 saturated heterocycles. The molecule has 1 N–H and O–H groups in total.